The maximum Gasteiger partial charge on any atom is 0.347 e. The summed E-state index contributed by atoms with van der Waals surface area (Å²) in [7, 11) is -3.80. The van der Waals surface area contributed by atoms with Gasteiger partial charge in [0.15, 0.2) is 5.13 Å². The van der Waals surface area contributed by atoms with Crippen LogP contribution < -0.4 is 14.9 Å². The zero-order valence-corrected chi connectivity index (χ0v) is 20.0. The molecule has 34 heavy (non-hydrogen) atoms. The highest BCUT2D eigenvalue weighted by atomic mass is 35.5. The average molecular weight is 521 g/mol. The van der Waals surface area contributed by atoms with E-state index in [-0.39, 0.29) is 26.4 Å². The average Bonchev–Trinajstić information content (AvgIpc) is 3.24. The number of hydrogen-bond donors (Lipinski definition) is 3. The number of carbonyl (C=O) groups is 2. The maximum absolute atomic E-state index is 12.1. The minimum atomic E-state index is -3.80. The van der Waals surface area contributed by atoms with E-state index in [4.69, 9.17) is 11.6 Å². The van der Waals surface area contributed by atoms with Gasteiger partial charge in [0.25, 0.3) is 15.9 Å². The van der Waals surface area contributed by atoms with Crippen molar-refractivity contribution < 1.29 is 23.1 Å². The van der Waals surface area contributed by atoms with Crippen LogP contribution in [0.5, 0.6) is 0 Å². The van der Waals surface area contributed by atoms with Gasteiger partial charge >= 0.3 is 5.97 Å². The summed E-state index contributed by atoms with van der Waals surface area (Å²) in [4.78, 5) is 38.5. The molecule has 0 saturated heterocycles. The Morgan fingerprint density at radius 1 is 1.32 bits per heavy atom. The summed E-state index contributed by atoms with van der Waals surface area (Å²) in [6, 6.07) is 4.66. The molecule has 0 radical (unpaired) electrons. The van der Waals surface area contributed by atoms with Crippen molar-refractivity contribution in [3.63, 3.8) is 0 Å². The SMILES string of the molecule is Cc1nc(Nc2nc(Cl)c3c(n2)N(Cc2ccc4c(c2)C(=O)NS4(=O)=O)CCC3)sc1C(=O)O. The van der Waals surface area contributed by atoms with Crippen LogP contribution in [0.25, 0.3) is 0 Å². The third-order valence-corrected chi connectivity index (χ3v) is 8.24. The van der Waals surface area contributed by atoms with Gasteiger partial charge in [0, 0.05) is 18.7 Å². The smallest absolute Gasteiger partial charge is 0.347 e. The molecule has 0 bridgehead atoms. The Kier molecular flexibility index (Phi) is 5.41. The molecule has 0 atom stereocenters. The second-order valence-corrected chi connectivity index (χ2v) is 10.8. The maximum atomic E-state index is 12.1. The Morgan fingerprint density at radius 2 is 2.12 bits per heavy atom. The number of nitrogens with zero attached hydrogens (tertiary/aromatic N) is 4. The van der Waals surface area contributed by atoms with Crippen LogP contribution in [-0.4, -0.2) is 46.9 Å². The molecule has 176 valence electrons. The van der Waals surface area contributed by atoms with Crippen LogP contribution in [0.2, 0.25) is 5.15 Å². The van der Waals surface area contributed by atoms with Gasteiger partial charge in [-0.3, -0.25) is 10.1 Å². The van der Waals surface area contributed by atoms with Gasteiger partial charge in [-0.2, -0.15) is 4.98 Å². The molecular weight excluding hydrogens is 504 g/mol. The first-order valence-corrected chi connectivity index (χ1v) is 12.8. The second kappa shape index (κ2) is 8.18. The molecule has 3 aromatic rings. The highest BCUT2D eigenvalue weighted by Crippen LogP contribution is 2.34. The summed E-state index contributed by atoms with van der Waals surface area (Å²) in [5, 5.41) is 12.8. The number of aromatic carboxylic acids is 1. The number of rotatable bonds is 5. The number of fused-ring (bicyclic) bond motifs is 2. The van der Waals surface area contributed by atoms with Crippen molar-refractivity contribution in [1.29, 1.82) is 0 Å². The van der Waals surface area contributed by atoms with Crippen LogP contribution in [-0.2, 0) is 23.0 Å². The molecule has 1 aromatic carbocycles. The van der Waals surface area contributed by atoms with Crippen molar-refractivity contribution in [2.45, 2.75) is 31.2 Å². The molecule has 2 aromatic heterocycles. The number of anilines is 3. The van der Waals surface area contributed by atoms with Crippen molar-refractivity contribution in [3.05, 3.63) is 50.6 Å². The zero-order chi connectivity index (χ0) is 24.2. The summed E-state index contributed by atoms with van der Waals surface area (Å²) in [5.74, 6) is -0.916. The van der Waals surface area contributed by atoms with E-state index >= 15 is 0 Å². The van der Waals surface area contributed by atoms with E-state index < -0.39 is 21.9 Å². The van der Waals surface area contributed by atoms with Crippen LogP contribution in [0.4, 0.5) is 16.9 Å². The Labute approximate surface area is 202 Å². The number of benzene rings is 1. The van der Waals surface area contributed by atoms with E-state index in [0.717, 1.165) is 28.9 Å². The fraction of sp³-hybridized carbons (Fsp3) is 0.250. The monoisotopic (exact) mass is 520 g/mol. The lowest BCUT2D eigenvalue weighted by molar-refractivity contribution is 0.0701. The predicted molar refractivity (Wildman–Crippen MR) is 125 cm³/mol. The number of carbonyl (C=O) groups excluding carboxylic acids is 1. The third-order valence-electron chi connectivity index (χ3n) is 5.48. The molecule has 0 saturated carbocycles. The molecule has 14 heteroatoms. The van der Waals surface area contributed by atoms with Crippen molar-refractivity contribution in [1.82, 2.24) is 19.7 Å². The van der Waals surface area contributed by atoms with Crippen LogP contribution >= 0.6 is 22.9 Å². The quantitative estimate of drug-likeness (QED) is 0.427. The fourth-order valence-electron chi connectivity index (χ4n) is 3.97. The van der Waals surface area contributed by atoms with Crippen molar-refractivity contribution in [2.75, 3.05) is 16.8 Å². The molecule has 0 aliphatic carbocycles. The minimum absolute atomic E-state index is 0.0309. The Balaban J connectivity index is 1.45. The molecule has 0 fully saturated rings. The van der Waals surface area contributed by atoms with Crippen molar-refractivity contribution in [3.8, 4) is 0 Å². The van der Waals surface area contributed by atoms with Crippen LogP contribution in [0, 0.1) is 6.92 Å². The second-order valence-electron chi connectivity index (χ2n) is 7.79. The predicted octanol–water partition coefficient (Wildman–Crippen LogP) is 2.72. The third kappa shape index (κ3) is 3.95. The summed E-state index contributed by atoms with van der Waals surface area (Å²) < 4.78 is 26.0. The van der Waals surface area contributed by atoms with E-state index in [2.05, 4.69) is 20.3 Å². The molecule has 0 unspecified atom stereocenters. The standard InChI is InChI=1S/C20H17ClN6O5S2/c1-9-14(18(29)30)33-20(22-9)25-19-23-15(21)11-3-2-6-27(16(11)24-19)8-10-4-5-13-12(7-10)17(28)26-34(13,31)32/h4-5,7H,2-3,6,8H2,1H3,(H,26,28)(H,29,30)(H,22,23,24,25). The number of sulfonamides is 1. The van der Waals surface area contributed by atoms with Gasteiger partial charge in [-0.05, 0) is 37.5 Å². The number of nitrogens with one attached hydrogen (secondary N) is 2. The molecule has 5 rings (SSSR count). The number of halogens is 1. The molecule has 0 spiro atoms. The lowest BCUT2D eigenvalue weighted by Crippen LogP contribution is -2.30. The van der Waals surface area contributed by atoms with E-state index in [1.165, 1.54) is 6.07 Å². The summed E-state index contributed by atoms with van der Waals surface area (Å²) in [6.07, 6.45) is 1.51. The van der Waals surface area contributed by atoms with Crippen LogP contribution in [0.1, 0.15) is 43.3 Å². The number of aromatic nitrogens is 3. The Hall–Kier alpha value is -3.29. The molecule has 11 nitrogen and oxygen atoms in total. The largest absolute Gasteiger partial charge is 0.477 e. The van der Waals surface area contributed by atoms with Gasteiger partial charge in [0.2, 0.25) is 5.95 Å². The van der Waals surface area contributed by atoms with E-state index in [9.17, 15) is 23.1 Å². The highest BCUT2D eigenvalue weighted by Gasteiger charge is 2.33. The molecule has 1 amide bonds. The van der Waals surface area contributed by atoms with E-state index in [1.807, 2.05) is 9.62 Å². The van der Waals surface area contributed by atoms with Gasteiger partial charge in [0.1, 0.15) is 20.7 Å². The topological polar surface area (TPSA) is 154 Å². The number of carboxylic acids is 1. The molecule has 3 N–H and O–H groups in total. The van der Waals surface area contributed by atoms with Gasteiger partial charge in [-0.25, -0.2) is 27.9 Å². The minimum Gasteiger partial charge on any atom is -0.477 e. The lowest BCUT2D eigenvalue weighted by atomic mass is 10.1. The summed E-state index contributed by atoms with van der Waals surface area (Å²) in [5.41, 5.74) is 2.02. The first kappa shape index (κ1) is 22.5. The van der Waals surface area contributed by atoms with Crippen LogP contribution in [0.15, 0.2) is 23.1 Å². The van der Waals surface area contributed by atoms with Gasteiger partial charge in [-0.15, -0.1) is 0 Å². The molecule has 2 aliphatic rings. The molecular formula is C20H17ClN6O5S2. The van der Waals surface area contributed by atoms with Gasteiger partial charge in [0.05, 0.1) is 11.3 Å². The van der Waals surface area contributed by atoms with Crippen molar-refractivity contribution in [2.24, 2.45) is 0 Å². The number of carboxylic acid groups (broad SMARTS) is 1. The molecule has 4 heterocycles. The lowest BCUT2D eigenvalue weighted by Gasteiger charge is -2.30. The Morgan fingerprint density at radius 3 is 2.85 bits per heavy atom. The summed E-state index contributed by atoms with van der Waals surface area (Å²) in [6.45, 7) is 2.65. The van der Waals surface area contributed by atoms with Gasteiger partial charge < -0.3 is 10.0 Å². The van der Waals surface area contributed by atoms with Crippen LogP contribution in [0.3, 0.4) is 0 Å². The normalized spacial score (nSPS) is 16.1. The number of thiazole rings is 1. The fourth-order valence-corrected chi connectivity index (χ4v) is 6.18. The zero-order valence-electron chi connectivity index (χ0n) is 17.6. The van der Waals surface area contributed by atoms with Crippen molar-refractivity contribution >= 4 is 61.7 Å². The number of amides is 1. The highest BCUT2D eigenvalue weighted by molar-refractivity contribution is 7.90. The van der Waals surface area contributed by atoms with E-state index in [0.29, 0.717) is 36.2 Å². The molecule has 2 aliphatic heterocycles. The number of hydrogen-bond acceptors (Lipinski definition) is 10. The summed E-state index contributed by atoms with van der Waals surface area (Å²) >= 11 is 7.42. The number of aryl methyl sites for hydroxylation is 1. The van der Waals surface area contributed by atoms with E-state index in [1.54, 1.807) is 19.1 Å². The first-order valence-electron chi connectivity index (χ1n) is 10.1. The first-order chi connectivity index (χ1) is 16.1. The Bertz CT molecular complexity index is 1470. The van der Waals surface area contributed by atoms with Gasteiger partial charge in [-0.1, -0.05) is 29.0 Å².